The number of methoxy groups -OCH3 is 1. The molecule has 1 atom stereocenters. The number of carbonyl (C=O) groups is 3. The van der Waals surface area contributed by atoms with E-state index in [0.717, 1.165) is 0 Å². The van der Waals surface area contributed by atoms with E-state index >= 15 is 0 Å². The van der Waals surface area contributed by atoms with Gasteiger partial charge in [-0.2, -0.15) is 0 Å². The third kappa shape index (κ3) is 4.53. The highest BCUT2D eigenvalue weighted by molar-refractivity contribution is 5.98. The standard InChI is InChI=1S/C19H20N2O6/c1-26-11-12-5-13(19(24)25)7-15(6-12)20-18(23)14-8-17(22)21(9-14)10-16-3-2-4-27-16/h2-7,14H,8-11H2,1H3,(H,20,23)(H,24,25). The molecule has 0 spiro atoms. The SMILES string of the molecule is COCc1cc(NC(=O)C2CC(=O)N(Cc3ccco3)C2)cc(C(=O)O)c1. The van der Waals surface area contributed by atoms with Crippen molar-refractivity contribution in [3.63, 3.8) is 0 Å². The first-order valence-electron chi connectivity index (χ1n) is 8.43. The summed E-state index contributed by atoms with van der Waals surface area (Å²) >= 11 is 0. The van der Waals surface area contributed by atoms with Crippen molar-refractivity contribution in [2.24, 2.45) is 5.92 Å². The van der Waals surface area contributed by atoms with Crippen LogP contribution < -0.4 is 5.32 Å². The lowest BCUT2D eigenvalue weighted by Gasteiger charge is -2.15. The number of carboxylic acids is 1. The predicted molar refractivity (Wildman–Crippen MR) is 95.0 cm³/mol. The third-order valence-corrected chi connectivity index (χ3v) is 4.33. The maximum Gasteiger partial charge on any atom is 0.335 e. The van der Waals surface area contributed by atoms with Crippen LogP contribution in [-0.4, -0.2) is 41.4 Å². The molecule has 0 aliphatic carbocycles. The summed E-state index contributed by atoms with van der Waals surface area (Å²) < 4.78 is 10.3. The van der Waals surface area contributed by atoms with Crippen LogP contribution in [-0.2, 0) is 27.5 Å². The zero-order valence-electron chi connectivity index (χ0n) is 14.8. The number of hydrogen-bond donors (Lipinski definition) is 2. The van der Waals surface area contributed by atoms with Crippen molar-refractivity contribution in [3.8, 4) is 0 Å². The Morgan fingerprint density at radius 3 is 2.85 bits per heavy atom. The van der Waals surface area contributed by atoms with Crippen molar-refractivity contribution in [1.29, 1.82) is 0 Å². The fraction of sp³-hybridized carbons (Fsp3) is 0.316. The van der Waals surface area contributed by atoms with Gasteiger partial charge in [0.2, 0.25) is 11.8 Å². The second kappa shape index (κ2) is 8.05. The predicted octanol–water partition coefficient (Wildman–Crippen LogP) is 2.11. The summed E-state index contributed by atoms with van der Waals surface area (Å²) in [6.45, 7) is 0.833. The first-order chi connectivity index (χ1) is 13.0. The third-order valence-electron chi connectivity index (χ3n) is 4.33. The van der Waals surface area contributed by atoms with Gasteiger partial charge in [-0.15, -0.1) is 0 Å². The molecule has 142 valence electrons. The lowest BCUT2D eigenvalue weighted by atomic mass is 10.1. The lowest BCUT2D eigenvalue weighted by Crippen LogP contribution is -2.28. The van der Waals surface area contributed by atoms with Crippen molar-refractivity contribution in [1.82, 2.24) is 4.90 Å². The van der Waals surface area contributed by atoms with Gasteiger partial charge < -0.3 is 24.5 Å². The van der Waals surface area contributed by atoms with Crippen LogP contribution in [0.3, 0.4) is 0 Å². The average Bonchev–Trinajstić information content (AvgIpc) is 3.25. The smallest absolute Gasteiger partial charge is 0.335 e. The molecule has 1 saturated heterocycles. The first-order valence-corrected chi connectivity index (χ1v) is 8.43. The van der Waals surface area contributed by atoms with Crippen molar-refractivity contribution in [2.75, 3.05) is 19.0 Å². The second-order valence-electron chi connectivity index (χ2n) is 6.40. The van der Waals surface area contributed by atoms with Crippen LogP contribution in [0, 0.1) is 5.92 Å². The Hall–Kier alpha value is -3.13. The van der Waals surface area contributed by atoms with E-state index in [4.69, 9.17) is 9.15 Å². The quantitative estimate of drug-likeness (QED) is 0.770. The van der Waals surface area contributed by atoms with Crippen molar-refractivity contribution >= 4 is 23.5 Å². The number of nitrogens with zero attached hydrogens (tertiary/aromatic N) is 1. The molecule has 2 heterocycles. The number of carboxylic acid groups (broad SMARTS) is 1. The number of hydrogen-bond acceptors (Lipinski definition) is 5. The van der Waals surface area contributed by atoms with E-state index < -0.39 is 11.9 Å². The highest BCUT2D eigenvalue weighted by atomic mass is 16.5. The van der Waals surface area contributed by atoms with Gasteiger partial charge in [-0.05, 0) is 35.9 Å². The Bertz CT molecular complexity index is 846. The van der Waals surface area contributed by atoms with Crippen molar-refractivity contribution in [3.05, 3.63) is 53.5 Å². The molecule has 0 bridgehead atoms. The maximum atomic E-state index is 12.6. The molecule has 0 saturated carbocycles. The van der Waals surface area contributed by atoms with Crippen LogP contribution in [0.1, 0.15) is 28.1 Å². The van der Waals surface area contributed by atoms with Gasteiger partial charge >= 0.3 is 5.97 Å². The van der Waals surface area contributed by atoms with Crippen LogP contribution in [0.2, 0.25) is 0 Å². The molecule has 2 N–H and O–H groups in total. The number of carbonyl (C=O) groups excluding carboxylic acids is 2. The van der Waals surface area contributed by atoms with E-state index in [0.29, 0.717) is 23.6 Å². The van der Waals surface area contributed by atoms with Gasteiger partial charge in [0.05, 0.1) is 30.9 Å². The van der Waals surface area contributed by atoms with Gasteiger partial charge in [0.25, 0.3) is 0 Å². The van der Waals surface area contributed by atoms with Crippen LogP contribution in [0.15, 0.2) is 41.0 Å². The fourth-order valence-electron chi connectivity index (χ4n) is 3.07. The van der Waals surface area contributed by atoms with Gasteiger partial charge in [-0.1, -0.05) is 0 Å². The van der Waals surface area contributed by atoms with Gasteiger partial charge in [-0.3, -0.25) is 9.59 Å². The van der Waals surface area contributed by atoms with Crippen LogP contribution in [0.25, 0.3) is 0 Å². The lowest BCUT2D eigenvalue weighted by molar-refractivity contribution is -0.128. The zero-order chi connectivity index (χ0) is 19.4. The van der Waals surface area contributed by atoms with Crippen LogP contribution in [0.4, 0.5) is 5.69 Å². The summed E-state index contributed by atoms with van der Waals surface area (Å²) in [5, 5.41) is 11.9. The molecule has 1 fully saturated rings. The molecule has 1 aliphatic rings. The number of anilines is 1. The van der Waals surface area contributed by atoms with E-state index in [9.17, 15) is 19.5 Å². The zero-order valence-corrected chi connectivity index (χ0v) is 14.8. The summed E-state index contributed by atoms with van der Waals surface area (Å²) in [4.78, 5) is 37.6. The Balaban J connectivity index is 1.68. The van der Waals surface area contributed by atoms with E-state index in [1.807, 2.05) is 0 Å². The summed E-state index contributed by atoms with van der Waals surface area (Å²) in [6.07, 6.45) is 1.64. The summed E-state index contributed by atoms with van der Waals surface area (Å²) in [6, 6.07) is 8.05. The number of amides is 2. The highest BCUT2D eigenvalue weighted by Gasteiger charge is 2.34. The molecular formula is C19H20N2O6. The summed E-state index contributed by atoms with van der Waals surface area (Å²) in [5.41, 5.74) is 1.06. The van der Waals surface area contributed by atoms with E-state index in [1.165, 1.54) is 25.5 Å². The molecular weight excluding hydrogens is 352 g/mol. The number of likely N-dealkylation sites (tertiary alicyclic amines) is 1. The number of ether oxygens (including phenoxy) is 1. The molecule has 1 aliphatic heterocycles. The topological polar surface area (TPSA) is 109 Å². The van der Waals surface area contributed by atoms with Crippen molar-refractivity contribution < 1.29 is 28.6 Å². The highest BCUT2D eigenvalue weighted by Crippen LogP contribution is 2.23. The van der Waals surface area contributed by atoms with Gasteiger partial charge in [0, 0.05) is 25.8 Å². The molecule has 27 heavy (non-hydrogen) atoms. The largest absolute Gasteiger partial charge is 0.478 e. The van der Waals surface area contributed by atoms with Gasteiger partial charge in [0.15, 0.2) is 0 Å². The summed E-state index contributed by atoms with van der Waals surface area (Å²) in [7, 11) is 1.50. The van der Waals surface area contributed by atoms with Gasteiger partial charge in [0.1, 0.15) is 5.76 Å². The number of furan rings is 1. The number of aromatic carboxylic acids is 1. The van der Waals surface area contributed by atoms with Crippen LogP contribution in [0.5, 0.6) is 0 Å². The van der Waals surface area contributed by atoms with Gasteiger partial charge in [-0.25, -0.2) is 4.79 Å². The fourth-order valence-corrected chi connectivity index (χ4v) is 3.07. The molecule has 1 unspecified atom stereocenters. The Kier molecular flexibility index (Phi) is 5.56. The molecule has 0 radical (unpaired) electrons. The molecule has 1 aromatic heterocycles. The Morgan fingerprint density at radius 1 is 1.37 bits per heavy atom. The van der Waals surface area contributed by atoms with E-state index in [-0.39, 0.29) is 37.0 Å². The van der Waals surface area contributed by atoms with Crippen LogP contribution >= 0.6 is 0 Å². The molecule has 2 amide bonds. The molecule has 8 nitrogen and oxygen atoms in total. The Morgan fingerprint density at radius 2 is 2.19 bits per heavy atom. The number of rotatable bonds is 7. The van der Waals surface area contributed by atoms with E-state index in [1.54, 1.807) is 23.1 Å². The monoisotopic (exact) mass is 372 g/mol. The van der Waals surface area contributed by atoms with E-state index in [2.05, 4.69) is 5.32 Å². The average molecular weight is 372 g/mol. The maximum absolute atomic E-state index is 12.6. The minimum absolute atomic E-state index is 0.0572. The molecule has 2 aromatic rings. The summed E-state index contributed by atoms with van der Waals surface area (Å²) in [5.74, 6) is -1.39. The molecule has 1 aromatic carbocycles. The minimum Gasteiger partial charge on any atom is -0.478 e. The molecule has 8 heteroatoms. The minimum atomic E-state index is -1.09. The number of benzene rings is 1. The molecule has 3 rings (SSSR count). The second-order valence-corrected chi connectivity index (χ2v) is 6.40. The number of nitrogens with one attached hydrogen (secondary N) is 1. The van der Waals surface area contributed by atoms with Crippen molar-refractivity contribution in [2.45, 2.75) is 19.6 Å². The first kappa shape index (κ1) is 18.7. The normalized spacial score (nSPS) is 16.6. The Labute approximate surface area is 155 Å².